The van der Waals surface area contributed by atoms with Gasteiger partial charge in [0.25, 0.3) is 0 Å². The van der Waals surface area contributed by atoms with Crippen LogP contribution >= 0.6 is 0 Å². The minimum Gasteiger partial charge on any atom is -0.378 e. The second-order valence-corrected chi connectivity index (χ2v) is 6.69. The molecule has 6 nitrogen and oxygen atoms in total. The number of hydrogen-bond acceptors (Lipinski definition) is 3. The third kappa shape index (κ3) is 3.68. The number of carbonyl (C=O) groups excluding carboxylic acids is 1. The number of aromatic amines is 1. The monoisotopic (exact) mass is 337 g/mol. The topological polar surface area (TPSA) is 74.7 Å². The van der Waals surface area contributed by atoms with Crippen molar-refractivity contribution in [3.05, 3.63) is 48.4 Å². The Kier molecular flexibility index (Phi) is 4.41. The molecule has 0 bridgehead atoms. The average Bonchev–Trinajstić information content (AvgIpc) is 3.34. The lowest BCUT2D eigenvalue weighted by Crippen LogP contribution is -2.35. The lowest BCUT2D eigenvalue weighted by Gasteiger charge is -2.11. The molecule has 0 saturated heterocycles. The van der Waals surface area contributed by atoms with E-state index in [0.29, 0.717) is 6.04 Å². The van der Waals surface area contributed by atoms with Crippen LogP contribution in [0.1, 0.15) is 31.2 Å². The van der Waals surface area contributed by atoms with Crippen molar-refractivity contribution < 1.29 is 4.79 Å². The Balaban J connectivity index is 1.33. The average molecular weight is 337 g/mol. The van der Waals surface area contributed by atoms with Crippen LogP contribution in [0.3, 0.4) is 0 Å². The fourth-order valence-corrected chi connectivity index (χ4v) is 3.53. The van der Waals surface area contributed by atoms with Crippen molar-refractivity contribution in [2.75, 3.05) is 5.32 Å². The number of H-pyrrole nitrogens is 1. The molecule has 1 aromatic carbocycles. The molecule has 1 saturated carbocycles. The van der Waals surface area contributed by atoms with Crippen molar-refractivity contribution >= 4 is 22.5 Å². The maximum absolute atomic E-state index is 12.1. The van der Waals surface area contributed by atoms with Crippen molar-refractivity contribution in [1.82, 2.24) is 20.1 Å². The van der Waals surface area contributed by atoms with Crippen molar-refractivity contribution in [2.24, 2.45) is 0 Å². The molecule has 2 heterocycles. The molecule has 4 rings (SSSR count). The molecule has 2 aromatic heterocycles. The summed E-state index contributed by atoms with van der Waals surface area (Å²) >= 11 is 0. The van der Waals surface area contributed by atoms with E-state index in [0.717, 1.165) is 30.6 Å². The number of hydrogen-bond donors (Lipinski definition) is 3. The van der Waals surface area contributed by atoms with Gasteiger partial charge in [-0.25, -0.2) is 0 Å². The SMILES string of the molecule is O=C(Cn1cc(NCc2cccc3[nH]ccc23)cn1)NC1CCCC1. The largest absolute Gasteiger partial charge is 0.378 e. The molecule has 3 N–H and O–H groups in total. The summed E-state index contributed by atoms with van der Waals surface area (Å²) in [4.78, 5) is 15.3. The fourth-order valence-electron chi connectivity index (χ4n) is 3.53. The quantitative estimate of drug-likeness (QED) is 0.647. The molecule has 130 valence electrons. The third-order valence-electron chi connectivity index (χ3n) is 4.83. The van der Waals surface area contributed by atoms with E-state index >= 15 is 0 Å². The summed E-state index contributed by atoms with van der Waals surface area (Å²) in [6, 6.07) is 8.67. The van der Waals surface area contributed by atoms with Crippen molar-refractivity contribution in [3.8, 4) is 0 Å². The summed E-state index contributed by atoms with van der Waals surface area (Å²) < 4.78 is 1.68. The Bertz CT molecular complexity index is 859. The maximum atomic E-state index is 12.1. The molecular weight excluding hydrogens is 314 g/mol. The first-order valence-electron chi connectivity index (χ1n) is 8.88. The predicted octanol–water partition coefficient (Wildman–Crippen LogP) is 3.04. The second kappa shape index (κ2) is 7.01. The van der Waals surface area contributed by atoms with Gasteiger partial charge >= 0.3 is 0 Å². The normalized spacial score (nSPS) is 14.9. The van der Waals surface area contributed by atoms with Gasteiger partial charge in [-0.3, -0.25) is 9.48 Å². The van der Waals surface area contributed by atoms with E-state index in [1.165, 1.54) is 23.8 Å². The highest BCUT2D eigenvalue weighted by Gasteiger charge is 2.17. The zero-order valence-corrected chi connectivity index (χ0v) is 14.2. The molecule has 0 atom stereocenters. The molecule has 0 spiro atoms. The minimum atomic E-state index is 0.0404. The van der Waals surface area contributed by atoms with Gasteiger partial charge in [0.1, 0.15) is 6.54 Å². The number of fused-ring (bicyclic) bond motifs is 1. The number of amides is 1. The van der Waals surface area contributed by atoms with Crippen LogP contribution in [0.25, 0.3) is 10.9 Å². The van der Waals surface area contributed by atoms with Crippen LogP contribution in [0.4, 0.5) is 5.69 Å². The molecule has 6 heteroatoms. The first kappa shape index (κ1) is 15.7. The molecule has 1 aliphatic carbocycles. The van der Waals surface area contributed by atoms with Gasteiger partial charge in [0.05, 0.1) is 11.9 Å². The molecule has 0 radical (unpaired) electrons. The van der Waals surface area contributed by atoms with Gasteiger partial charge in [0, 0.05) is 35.9 Å². The third-order valence-corrected chi connectivity index (χ3v) is 4.83. The van der Waals surface area contributed by atoms with Crippen LogP contribution in [0, 0.1) is 0 Å². The number of carbonyl (C=O) groups is 1. The summed E-state index contributed by atoms with van der Waals surface area (Å²) in [5, 5.41) is 12.0. The number of nitrogens with zero attached hydrogens (tertiary/aromatic N) is 2. The van der Waals surface area contributed by atoms with Crippen LogP contribution < -0.4 is 10.6 Å². The highest BCUT2D eigenvalue weighted by molar-refractivity contribution is 5.83. The van der Waals surface area contributed by atoms with E-state index in [9.17, 15) is 4.79 Å². The van der Waals surface area contributed by atoms with Gasteiger partial charge in [-0.2, -0.15) is 5.10 Å². The molecule has 1 amide bonds. The minimum absolute atomic E-state index is 0.0404. The molecule has 3 aromatic rings. The Hall–Kier alpha value is -2.76. The smallest absolute Gasteiger partial charge is 0.241 e. The molecule has 25 heavy (non-hydrogen) atoms. The standard InChI is InChI=1S/C19H23N5O/c25-19(23-15-5-1-2-6-15)13-24-12-16(11-22-24)21-10-14-4-3-7-18-17(14)8-9-20-18/h3-4,7-9,11-12,15,20-21H,1-2,5-6,10,13H2,(H,23,25). The van der Waals surface area contributed by atoms with E-state index in [1.807, 2.05) is 18.5 Å². The van der Waals surface area contributed by atoms with E-state index in [4.69, 9.17) is 0 Å². The first-order valence-corrected chi connectivity index (χ1v) is 8.88. The van der Waals surface area contributed by atoms with Crippen LogP contribution in [0.15, 0.2) is 42.9 Å². The first-order chi connectivity index (χ1) is 12.3. The van der Waals surface area contributed by atoms with Crippen molar-refractivity contribution in [1.29, 1.82) is 0 Å². The van der Waals surface area contributed by atoms with Crippen molar-refractivity contribution in [3.63, 3.8) is 0 Å². The van der Waals surface area contributed by atoms with Gasteiger partial charge in [-0.05, 0) is 30.5 Å². The van der Waals surface area contributed by atoms with Crippen LogP contribution in [-0.4, -0.2) is 26.7 Å². The van der Waals surface area contributed by atoms with Gasteiger partial charge < -0.3 is 15.6 Å². The zero-order valence-electron chi connectivity index (χ0n) is 14.2. The summed E-state index contributed by atoms with van der Waals surface area (Å²) in [7, 11) is 0. The van der Waals surface area contributed by atoms with Gasteiger partial charge in [-0.1, -0.05) is 25.0 Å². The van der Waals surface area contributed by atoms with E-state index in [2.05, 4.69) is 38.9 Å². The van der Waals surface area contributed by atoms with E-state index < -0.39 is 0 Å². The Morgan fingerprint density at radius 1 is 1.28 bits per heavy atom. The number of rotatable bonds is 6. The van der Waals surface area contributed by atoms with Crippen LogP contribution in [0.5, 0.6) is 0 Å². The lowest BCUT2D eigenvalue weighted by atomic mass is 10.1. The summed E-state index contributed by atoms with van der Waals surface area (Å²) in [5.41, 5.74) is 3.28. The number of aromatic nitrogens is 3. The summed E-state index contributed by atoms with van der Waals surface area (Å²) in [6.07, 6.45) is 10.2. The zero-order chi connectivity index (χ0) is 17.1. The molecule has 1 aliphatic rings. The fraction of sp³-hybridized carbons (Fsp3) is 0.368. The van der Waals surface area contributed by atoms with Crippen LogP contribution in [-0.2, 0) is 17.9 Å². The number of anilines is 1. The Morgan fingerprint density at radius 2 is 2.16 bits per heavy atom. The van der Waals surface area contributed by atoms with E-state index in [-0.39, 0.29) is 12.5 Å². The highest BCUT2D eigenvalue weighted by Crippen LogP contribution is 2.19. The Morgan fingerprint density at radius 3 is 3.04 bits per heavy atom. The second-order valence-electron chi connectivity index (χ2n) is 6.69. The summed E-state index contributed by atoms with van der Waals surface area (Å²) in [6.45, 7) is 0.987. The van der Waals surface area contributed by atoms with Gasteiger partial charge in [-0.15, -0.1) is 0 Å². The summed E-state index contributed by atoms with van der Waals surface area (Å²) in [5.74, 6) is 0.0404. The maximum Gasteiger partial charge on any atom is 0.241 e. The molecular formula is C19H23N5O. The number of benzene rings is 1. The van der Waals surface area contributed by atoms with Crippen LogP contribution in [0.2, 0.25) is 0 Å². The van der Waals surface area contributed by atoms with Gasteiger partial charge in [0.15, 0.2) is 0 Å². The lowest BCUT2D eigenvalue weighted by molar-refractivity contribution is -0.122. The predicted molar refractivity (Wildman–Crippen MR) is 98.3 cm³/mol. The molecule has 0 aliphatic heterocycles. The molecule has 1 fully saturated rings. The highest BCUT2D eigenvalue weighted by atomic mass is 16.2. The molecule has 0 unspecified atom stereocenters. The van der Waals surface area contributed by atoms with E-state index in [1.54, 1.807) is 10.9 Å². The van der Waals surface area contributed by atoms with Gasteiger partial charge in [0.2, 0.25) is 5.91 Å². The Labute approximate surface area is 146 Å². The number of nitrogens with one attached hydrogen (secondary N) is 3. The van der Waals surface area contributed by atoms with Crippen molar-refractivity contribution in [2.45, 2.75) is 44.8 Å².